The second-order valence-electron chi connectivity index (χ2n) is 12.4. The van der Waals surface area contributed by atoms with Crippen LogP contribution in [0.4, 0.5) is 35.1 Å². The Labute approximate surface area is 258 Å². The largest absolute Gasteiger partial charge is 0.481 e. The molecule has 2 aromatic rings. The molecule has 1 N–H and O–H groups in total. The summed E-state index contributed by atoms with van der Waals surface area (Å²) < 4.78 is 143. The lowest BCUT2D eigenvalue weighted by atomic mass is 9.53. The Hall–Kier alpha value is -3.27. The van der Waals surface area contributed by atoms with Crippen molar-refractivity contribution in [1.29, 1.82) is 0 Å². The molecule has 3 saturated carbocycles. The first-order valence-electron chi connectivity index (χ1n) is 14.2. The molecular weight excluding hydrogens is 654 g/mol. The van der Waals surface area contributed by atoms with E-state index in [-0.39, 0.29) is 64.3 Å². The molecular formula is C30H29F8NO6S. The number of carboxylic acids is 1. The summed E-state index contributed by atoms with van der Waals surface area (Å²) in [6.45, 7) is -0.855. The Morgan fingerprint density at radius 1 is 0.826 bits per heavy atom. The molecule has 4 fully saturated rings. The van der Waals surface area contributed by atoms with Gasteiger partial charge < -0.3 is 14.7 Å². The molecule has 1 atom stereocenters. The van der Waals surface area contributed by atoms with Crippen LogP contribution in [0, 0.1) is 22.5 Å². The standard InChI is InChI=1S/C30H29F8NO6S/c1-45-28(29(33,34)35,30(36,37)38)21-7-2-18(16-22(21)32)27(46(43,44)20-5-3-19(31)4-6-20)14-15-39(17-27)23(40)25-8-11-26(12-9-25,13-10-25)24(41)42/h2-7,16H,8-15,17H2,1H3,(H,41,42)/t25?,26?,27-/m0/s1. The number of hydrogen-bond donors (Lipinski definition) is 1. The van der Waals surface area contributed by atoms with Crippen molar-refractivity contribution in [3.05, 3.63) is 65.2 Å². The van der Waals surface area contributed by atoms with Crippen molar-refractivity contribution in [2.45, 2.75) is 72.5 Å². The van der Waals surface area contributed by atoms with E-state index in [4.69, 9.17) is 0 Å². The Morgan fingerprint density at radius 3 is 1.80 bits per heavy atom. The summed E-state index contributed by atoms with van der Waals surface area (Å²) in [7, 11) is -4.60. The number of nitrogens with zero attached hydrogens (tertiary/aromatic N) is 1. The van der Waals surface area contributed by atoms with Gasteiger partial charge in [-0.3, -0.25) is 9.59 Å². The van der Waals surface area contributed by atoms with Crippen LogP contribution in [-0.4, -0.2) is 62.9 Å². The number of carboxylic acid groups (broad SMARTS) is 1. The summed E-state index contributed by atoms with van der Waals surface area (Å²) in [4.78, 5) is 26.6. The van der Waals surface area contributed by atoms with Crippen LogP contribution in [0.3, 0.4) is 0 Å². The van der Waals surface area contributed by atoms with Crippen LogP contribution in [0.5, 0.6) is 0 Å². The second kappa shape index (κ2) is 10.9. The van der Waals surface area contributed by atoms with E-state index in [1.165, 1.54) is 4.90 Å². The van der Waals surface area contributed by atoms with Gasteiger partial charge in [0.05, 0.1) is 10.3 Å². The smallest absolute Gasteiger partial charge is 0.430 e. The van der Waals surface area contributed by atoms with Crippen LogP contribution in [0.2, 0.25) is 0 Å². The summed E-state index contributed by atoms with van der Waals surface area (Å²) in [5.41, 5.74) is -9.47. The Balaban J connectivity index is 1.60. The third-order valence-corrected chi connectivity index (χ3v) is 12.8. The summed E-state index contributed by atoms with van der Waals surface area (Å²) >= 11 is 0. The quantitative estimate of drug-likeness (QED) is 0.273. The van der Waals surface area contributed by atoms with Crippen LogP contribution in [0.25, 0.3) is 0 Å². The fourth-order valence-electron chi connectivity index (χ4n) is 7.46. The predicted octanol–water partition coefficient (Wildman–Crippen LogP) is 6.26. The number of hydrogen-bond acceptors (Lipinski definition) is 5. The number of benzene rings is 2. The average molecular weight is 684 g/mol. The zero-order valence-corrected chi connectivity index (χ0v) is 25.1. The molecule has 16 heteroatoms. The number of sulfone groups is 1. The van der Waals surface area contributed by atoms with Crippen molar-refractivity contribution >= 4 is 21.7 Å². The van der Waals surface area contributed by atoms with E-state index in [2.05, 4.69) is 4.74 Å². The van der Waals surface area contributed by atoms with E-state index in [9.17, 15) is 53.8 Å². The van der Waals surface area contributed by atoms with Gasteiger partial charge in [-0.2, -0.15) is 26.3 Å². The maximum Gasteiger partial charge on any atom is 0.430 e. The highest BCUT2D eigenvalue weighted by Crippen LogP contribution is 2.59. The maximum atomic E-state index is 15.6. The van der Waals surface area contributed by atoms with Crippen molar-refractivity contribution in [1.82, 2.24) is 4.90 Å². The van der Waals surface area contributed by atoms with Crippen molar-refractivity contribution in [3.63, 3.8) is 0 Å². The first-order chi connectivity index (χ1) is 21.2. The molecule has 1 amide bonds. The third-order valence-electron chi connectivity index (χ3n) is 10.3. The number of alkyl halides is 6. The number of rotatable bonds is 7. The Morgan fingerprint density at radius 2 is 1.35 bits per heavy atom. The lowest BCUT2D eigenvalue weighted by Crippen LogP contribution is -2.56. The molecule has 2 bridgehead atoms. The summed E-state index contributed by atoms with van der Waals surface area (Å²) in [6, 6.07) is 4.58. The van der Waals surface area contributed by atoms with Gasteiger partial charge in [0.15, 0.2) is 9.84 Å². The molecule has 2 aromatic carbocycles. The van der Waals surface area contributed by atoms with Crippen LogP contribution >= 0.6 is 0 Å². The molecule has 0 aromatic heterocycles. The lowest BCUT2D eigenvalue weighted by molar-refractivity contribution is -0.384. The summed E-state index contributed by atoms with van der Waals surface area (Å²) in [5, 5.41) is 9.71. The highest BCUT2D eigenvalue weighted by atomic mass is 32.2. The summed E-state index contributed by atoms with van der Waals surface area (Å²) in [5.74, 6) is -4.27. The molecule has 0 radical (unpaired) electrons. The minimum Gasteiger partial charge on any atom is -0.481 e. The van der Waals surface area contributed by atoms with Crippen molar-refractivity contribution < 1.29 is 63.0 Å². The molecule has 4 aliphatic rings. The molecule has 46 heavy (non-hydrogen) atoms. The average Bonchev–Trinajstić information content (AvgIpc) is 3.45. The maximum absolute atomic E-state index is 15.6. The Bertz CT molecular complexity index is 1620. The minimum atomic E-state index is -6.17. The lowest BCUT2D eigenvalue weighted by Gasteiger charge is -2.51. The predicted molar refractivity (Wildman–Crippen MR) is 144 cm³/mol. The number of carbonyl (C=O) groups excluding carboxylic acids is 1. The third kappa shape index (κ3) is 4.80. The molecule has 0 spiro atoms. The van der Waals surface area contributed by atoms with Gasteiger partial charge in [0.1, 0.15) is 16.4 Å². The molecule has 1 saturated heterocycles. The van der Waals surface area contributed by atoms with Crippen LogP contribution in [-0.2, 0) is 34.5 Å². The van der Waals surface area contributed by atoms with E-state index >= 15 is 4.39 Å². The number of aliphatic carboxylic acids is 1. The van der Waals surface area contributed by atoms with Gasteiger partial charge in [-0.1, -0.05) is 12.1 Å². The van der Waals surface area contributed by atoms with Gasteiger partial charge in [0.25, 0.3) is 5.60 Å². The first-order valence-corrected chi connectivity index (χ1v) is 15.7. The van der Waals surface area contributed by atoms with Crippen molar-refractivity contribution in [2.24, 2.45) is 10.8 Å². The number of ether oxygens (including phenoxy) is 1. The van der Waals surface area contributed by atoms with E-state index in [1.54, 1.807) is 0 Å². The molecule has 7 nitrogen and oxygen atoms in total. The van der Waals surface area contributed by atoms with E-state index in [0.29, 0.717) is 6.07 Å². The SMILES string of the molecule is COC(c1ccc([C@]2(S(=O)(=O)c3ccc(F)cc3)CCN(C(=O)C34CCC(C(=O)O)(CC3)CC4)C2)cc1F)(C(F)(F)F)C(F)(F)F. The normalized spacial score (nSPS) is 27.2. The second-order valence-corrected chi connectivity index (χ2v) is 14.6. The van der Waals surface area contributed by atoms with Crippen molar-refractivity contribution in [3.8, 4) is 0 Å². The number of likely N-dealkylation sites (tertiary alicyclic amines) is 1. The van der Waals surface area contributed by atoms with E-state index in [1.807, 2.05) is 0 Å². The molecule has 1 heterocycles. The van der Waals surface area contributed by atoms with Crippen LogP contribution in [0.1, 0.15) is 56.1 Å². The highest BCUT2D eigenvalue weighted by Gasteiger charge is 2.74. The number of amides is 1. The number of methoxy groups -OCH3 is 1. The molecule has 3 aliphatic carbocycles. The monoisotopic (exact) mass is 683 g/mol. The molecule has 1 aliphatic heterocycles. The number of carbonyl (C=O) groups is 2. The fourth-order valence-corrected chi connectivity index (χ4v) is 9.53. The molecule has 252 valence electrons. The van der Waals surface area contributed by atoms with Gasteiger partial charge in [-0.05, 0) is 80.8 Å². The van der Waals surface area contributed by atoms with Gasteiger partial charge >= 0.3 is 18.3 Å². The topological polar surface area (TPSA) is 101 Å². The van der Waals surface area contributed by atoms with E-state index < -0.39 is 95.9 Å². The Kier molecular flexibility index (Phi) is 8.07. The highest BCUT2D eigenvalue weighted by molar-refractivity contribution is 7.92. The van der Waals surface area contributed by atoms with E-state index in [0.717, 1.165) is 24.3 Å². The molecule has 0 unspecified atom stereocenters. The fraction of sp³-hybridized carbons (Fsp3) is 0.533. The van der Waals surface area contributed by atoms with Crippen molar-refractivity contribution in [2.75, 3.05) is 20.2 Å². The zero-order valence-electron chi connectivity index (χ0n) is 24.3. The van der Waals surface area contributed by atoms with Gasteiger partial charge in [-0.15, -0.1) is 0 Å². The molecule has 6 rings (SSSR count). The minimum absolute atomic E-state index is 0.117. The number of fused-ring (bicyclic) bond motifs is 3. The first kappa shape index (κ1) is 34.1. The van der Waals surface area contributed by atoms with Gasteiger partial charge in [0.2, 0.25) is 5.91 Å². The van der Waals surface area contributed by atoms with Gasteiger partial charge in [-0.25, -0.2) is 17.2 Å². The van der Waals surface area contributed by atoms with Crippen LogP contribution < -0.4 is 0 Å². The number of halogens is 8. The zero-order chi connectivity index (χ0) is 34.1. The van der Waals surface area contributed by atoms with Crippen LogP contribution in [0.15, 0.2) is 47.4 Å². The summed E-state index contributed by atoms with van der Waals surface area (Å²) in [6.07, 6.45) is -11.4. The van der Waals surface area contributed by atoms with Gasteiger partial charge in [0, 0.05) is 31.2 Å².